The van der Waals surface area contributed by atoms with Gasteiger partial charge in [0, 0.05) is 39.9 Å². The average molecular weight is 765 g/mol. The van der Waals surface area contributed by atoms with Gasteiger partial charge < -0.3 is 29.2 Å². The number of hydrogen-bond donors (Lipinski definition) is 2. The third-order valence-electron chi connectivity index (χ3n) is 11.1. The second-order valence-electron chi connectivity index (χ2n) is 19.9. The molecule has 6 nitrogen and oxygen atoms in total. The number of phenolic OH excluding ortho intramolecular Hbond substituents is 2. The van der Waals surface area contributed by atoms with Crippen LogP contribution in [0.15, 0.2) is 48.5 Å². The fourth-order valence-corrected chi connectivity index (χ4v) is 7.47. The monoisotopic (exact) mass is 765 g/mol. The van der Waals surface area contributed by atoms with Crippen LogP contribution < -0.4 is 9.47 Å². The third kappa shape index (κ3) is 9.92. The first-order valence-corrected chi connectivity index (χ1v) is 20.3. The van der Waals surface area contributed by atoms with Crippen molar-refractivity contribution in [3.8, 4) is 23.0 Å². The lowest BCUT2D eigenvalue weighted by Gasteiger charge is -2.28. The molecule has 4 aromatic rings. The second-order valence-corrected chi connectivity index (χ2v) is 19.9. The molecule has 0 aliphatic heterocycles. The molecule has 5 rings (SSSR count). The molecule has 0 fully saturated rings. The number of rotatable bonds is 8. The summed E-state index contributed by atoms with van der Waals surface area (Å²) < 4.78 is 24.2. The molecule has 0 radical (unpaired) electrons. The maximum Gasteiger partial charge on any atom is 0.126 e. The third-order valence-corrected chi connectivity index (χ3v) is 11.1. The Bertz CT molecular complexity index is 1780. The summed E-state index contributed by atoms with van der Waals surface area (Å²) in [4.78, 5) is 0. The zero-order chi connectivity index (χ0) is 41.4. The Hall–Kier alpha value is -4.00. The molecule has 0 saturated heterocycles. The first kappa shape index (κ1) is 43.1. The predicted octanol–water partition coefficient (Wildman–Crippen LogP) is 11.0. The minimum absolute atomic E-state index is 0.164. The molecule has 1 aliphatic rings. The first-order valence-electron chi connectivity index (χ1n) is 20.3. The molecular formula is C50H68O6. The van der Waals surface area contributed by atoms with E-state index in [1.165, 1.54) is 11.1 Å². The van der Waals surface area contributed by atoms with Crippen molar-refractivity contribution in [3.05, 3.63) is 115 Å². The van der Waals surface area contributed by atoms with Gasteiger partial charge in [-0.3, -0.25) is 0 Å². The molecule has 6 heteroatoms. The van der Waals surface area contributed by atoms with Gasteiger partial charge in [-0.05, 0) is 88.4 Å². The van der Waals surface area contributed by atoms with Crippen LogP contribution in [0.25, 0.3) is 0 Å². The summed E-state index contributed by atoms with van der Waals surface area (Å²) in [6.45, 7) is 28.3. The zero-order valence-corrected chi connectivity index (χ0v) is 36.8. The highest BCUT2D eigenvalue weighted by Crippen LogP contribution is 2.43. The first-order chi connectivity index (χ1) is 26.0. The topological polar surface area (TPSA) is 77.4 Å². The molecule has 0 aromatic heterocycles. The van der Waals surface area contributed by atoms with Crippen LogP contribution in [0.2, 0.25) is 0 Å². The maximum absolute atomic E-state index is 12.4. The van der Waals surface area contributed by atoms with E-state index in [2.05, 4.69) is 132 Å². The molecule has 0 saturated carbocycles. The van der Waals surface area contributed by atoms with Gasteiger partial charge >= 0.3 is 0 Å². The Balaban J connectivity index is 1.93. The van der Waals surface area contributed by atoms with Crippen LogP contribution in [-0.2, 0) is 56.8 Å². The van der Waals surface area contributed by atoms with Crippen molar-refractivity contribution in [1.82, 2.24) is 0 Å². The van der Waals surface area contributed by atoms with Crippen LogP contribution in [0.4, 0.5) is 0 Å². The number of aromatic hydroxyl groups is 2. The van der Waals surface area contributed by atoms with Crippen molar-refractivity contribution in [2.45, 2.75) is 130 Å². The van der Waals surface area contributed by atoms with Gasteiger partial charge in [0.1, 0.15) is 36.2 Å². The highest BCUT2D eigenvalue weighted by atomic mass is 16.5. The highest BCUT2D eigenvalue weighted by molar-refractivity contribution is 5.59. The van der Waals surface area contributed by atoms with Gasteiger partial charge in [0.2, 0.25) is 0 Å². The summed E-state index contributed by atoms with van der Waals surface area (Å²) in [5, 5.41) is 24.7. The molecule has 56 heavy (non-hydrogen) atoms. The van der Waals surface area contributed by atoms with Crippen molar-refractivity contribution < 1.29 is 29.2 Å². The predicted molar refractivity (Wildman–Crippen MR) is 230 cm³/mol. The van der Waals surface area contributed by atoms with E-state index in [0.29, 0.717) is 63.6 Å². The van der Waals surface area contributed by atoms with E-state index in [1.807, 2.05) is 0 Å². The van der Waals surface area contributed by atoms with Gasteiger partial charge in [-0.1, -0.05) is 132 Å². The Kier molecular flexibility index (Phi) is 12.7. The van der Waals surface area contributed by atoms with E-state index in [-0.39, 0.29) is 21.7 Å². The van der Waals surface area contributed by atoms with Crippen molar-refractivity contribution >= 4 is 0 Å². The lowest BCUT2D eigenvalue weighted by molar-refractivity contribution is 0.145. The van der Waals surface area contributed by atoms with Crippen LogP contribution in [0.1, 0.15) is 150 Å². The molecular weight excluding hydrogens is 697 g/mol. The summed E-state index contributed by atoms with van der Waals surface area (Å²) in [7, 11) is 3.36. The second kappa shape index (κ2) is 16.5. The molecule has 304 valence electrons. The van der Waals surface area contributed by atoms with Crippen molar-refractivity contribution in [3.63, 3.8) is 0 Å². The van der Waals surface area contributed by atoms with E-state index < -0.39 is 0 Å². The van der Waals surface area contributed by atoms with Gasteiger partial charge in [-0.15, -0.1) is 0 Å². The molecule has 0 atom stereocenters. The minimum atomic E-state index is -0.171. The van der Waals surface area contributed by atoms with Crippen molar-refractivity contribution in [2.75, 3.05) is 40.6 Å². The van der Waals surface area contributed by atoms with Crippen molar-refractivity contribution in [2.24, 2.45) is 0 Å². The van der Waals surface area contributed by atoms with E-state index >= 15 is 0 Å². The van der Waals surface area contributed by atoms with E-state index in [0.717, 1.165) is 67.1 Å². The molecule has 8 bridgehead atoms. The molecule has 0 amide bonds. The number of ether oxygens (including phenoxy) is 4. The van der Waals surface area contributed by atoms with Gasteiger partial charge in [-0.2, -0.15) is 0 Å². The number of phenols is 2. The van der Waals surface area contributed by atoms with Crippen LogP contribution in [0.5, 0.6) is 23.0 Å². The van der Waals surface area contributed by atoms with Crippen LogP contribution in [0, 0.1) is 0 Å². The largest absolute Gasteiger partial charge is 0.507 e. The van der Waals surface area contributed by atoms with Gasteiger partial charge in [0.05, 0.1) is 13.2 Å². The molecule has 2 N–H and O–H groups in total. The van der Waals surface area contributed by atoms with E-state index in [1.54, 1.807) is 14.2 Å². The van der Waals surface area contributed by atoms with Crippen LogP contribution in [-0.4, -0.2) is 50.9 Å². The standard InChI is InChI=1S/C50H68O6/c1-47(2,3)39-23-31-19-35-27-41(49(7,8)9)29-37(45(35)55-17-15-53-13)21-33-25-40(48(4,5)6)26-34(44(33)52)22-38-30-42(50(10,11)12)28-36(20-32(24-39)43(31)51)46(38)56-18-16-54-14/h23-30,51-52H,15-22H2,1-14H3. The van der Waals surface area contributed by atoms with E-state index in [4.69, 9.17) is 18.9 Å². The summed E-state index contributed by atoms with van der Waals surface area (Å²) in [5.74, 6) is 2.14. The van der Waals surface area contributed by atoms with Gasteiger partial charge in [0.25, 0.3) is 0 Å². The Morgan fingerprint density at radius 2 is 0.589 bits per heavy atom. The SMILES string of the molecule is COCCOc1c2cc(C(C)(C)C)cc1Cc1cc(C(C)(C)C)cc(c1O)Cc1cc(C(C)(C)C)cc(c1OCCOC)Cc1cc(C(C)(C)C)cc(c1O)C2. The Morgan fingerprint density at radius 1 is 0.375 bits per heavy atom. The minimum Gasteiger partial charge on any atom is -0.507 e. The summed E-state index contributed by atoms with van der Waals surface area (Å²) in [6.07, 6.45) is 1.86. The molecule has 0 heterocycles. The lowest BCUT2D eigenvalue weighted by atomic mass is 9.79. The fraction of sp³-hybridized carbons (Fsp3) is 0.520. The number of hydrogen-bond acceptors (Lipinski definition) is 6. The van der Waals surface area contributed by atoms with Crippen molar-refractivity contribution in [1.29, 1.82) is 0 Å². The zero-order valence-electron chi connectivity index (χ0n) is 36.8. The quantitative estimate of drug-likeness (QED) is 0.153. The van der Waals surface area contributed by atoms with Crippen LogP contribution >= 0.6 is 0 Å². The summed E-state index contributed by atoms with van der Waals surface area (Å²) >= 11 is 0. The molecule has 4 aromatic carbocycles. The average Bonchev–Trinajstić information content (AvgIpc) is 3.07. The summed E-state index contributed by atoms with van der Waals surface area (Å²) in [5.41, 5.74) is 11.4. The summed E-state index contributed by atoms with van der Waals surface area (Å²) in [6, 6.07) is 17.7. The molecule has 0 unspecified atom stereocenters. The fourth-order valence-electron chi connectivity index (χ4n) is 7.47. The van der Waals surface area contributed by atoms with Gasteiger partial charge in [-0.25, -0.2) is 0 Å². The number of benzene rings is 4. The molecule has 1 aliphatic carbocycles. The van der Waals surface area contributed by atoms with E-state index in [9.17, 15) is 10.2 Å². The maximum atomic E-state index is 12.4. The number of fused-ring (bicyclic) bond motifs is 8. The Labute approximate surface area is 337 Å². The lowest BCUT2D eigenvalue weighted by Crippen LogP contribution is -2.17. The number of methoxy groups -OCH3 is 2. The van der Waals surface area contributed by atoms with Gasteiger partial charge in [0.15, 0.2) is 0 Å². The van der Waals surface area contributed by atoms with Crippen LogP contribution in [0.3, 0.4) is 0 Å². The Morgan fingerprint density at radius 3 is 0.786 bits per heavy atom. The normalized spacial score (nSPS) is 13.8. The highest BCUT2D eigenvalue weighted by Gasteiger charge is 2.28. The molecule has 0 spiro atoms. The smallest absolute Gasteiger partial charge is 0.126 e.